The summed E-state index contributed by atoms with van der Waals surface area (Å²) >= 11 is 0. The number of guanidine groups is 1. The zero-order valence-corrected chi connectivity index (χ0v) is 19.4. The van der Waals surface area contributed by atoms with Crippen LogP contribution in [0.2, 0.25) is 0 Å². The molecule has 1 saturated heterocycles. The maximum absolute atomic E-state index is 13.3. The number of nitrogens with zero attached hydrogens (tertiary/aromatic N) is 2. The Labute approximate surface area is 180 Å². The Bertz CT molecular complexity index is 601. The molecule has 1 aromatic rings. The van der Waals surface area contributed by atoms with E-state index < -0.39 is 0 Å². The van der Waals surface area contributed by atoms with Gasteiger partial charge in [0.2, 0.25) is 0 Å². The van der Waals surface area contributed by atoms with Crippen molar-refractivity contribution in [3.05, 3.63) is 35.6 Å². The standard InChI is InChI=1S/C20H33FN4O.HI/c1-6-22-19(23-11-17-8-7-9-18(21)10-17)24-14-20(4,5)25-12-15(2)26-16(3)13-25;/h7-10,15-16H,6,11-14H2,1-5H3,(H2,22,23,24);1H. The molecule has 2 unspecified atom stereocenters. The van der Waals surface area contributed by atoms with Gasteiger partial charge in [-0.1, -0.05) is 12.1 Å². The Morgan fingerprint density at radius 2 is 1.93 bits per heavy atom. The normalized spacial score (nSPS) is 21.5. The predicted molar refractivity (Wildman–Crippen MR) is 120 cm³/mol. The third-order valence-electron chi connectivity index (χ3n) is 4.62. The topological polar surface area (TPSA) is 48.9 Å². The van der Waals surface area contributed by atoms with Gasteiger partial charge in [-0.25, -0.2) is 9.38 Å². The quantitative estimate of drug-likeness (QED) is 0.363. The van der Waals surface area contributed by atoms with E-state index >= 15 is 0 Å². The first-order valence-electron chi connectivity index (χ1n) is 9.47. The minimum absolute atomic E-state index is 0. The van der Waals surface area contributed by atoms with Gasteiger partial charge in [0.25, 0.3) is 0 Å². The lowest BCUT2D eigenvalue weighted by Gasteiger charge is -2.45. The van der Waals surface area contributed by atoms with Crippen molar-refractivity contribution in [1.82, 2.24) is 15.5 Å². The Balaban J connectivity index is 0.00000364. The number of ether oxygens (including phenoxy) is 1. The van der Waals surface area contributed by atoms with E-state index in [9.17, 15) is 4.39 Å². The number of aliphatic imine (C=N–C) groups is 1. The van der Waals surface area contributed by atoms with E-state index in [-0.39, 0.29) is 47.5 Å². The highest BCUT2D eigenvalue weighted by molar-refractivity contribution is 14.0. The summed E-state index contributed by atoms with van der Waals surface area (Å²) in [6, 6.07) is 6.57. The van der Waals surface area contributed by atoms with Gasteiger partial charge >= 0.3 is 0 Å². The Kier molecular flexibility index (Phi) is 9.97. The summed E-state index contributed by atoms with van der Waals surface area (Å²) in [6.45, 7) is 14.6. The minimum Gasteiger partial charge on any atom is -0.373 e. The fraction of sp³-hybridized carbons (Fsp3) is 0.650. The SMILES string of the molecule is CCNC(=NCc1cccc(F)c1)NCC(C)(C)N1CC(C)OC(C)C1.I. The molecular formula is C20H34FIN4O. The molecule has 1 aromatic carbocycles. The second kappa shape index (κ2) is 11.2. The van der Waals surface area contributed by atoms with Crippen LogP contribution in [0.15, 0.2) is 29.3 Å². The average molecular weight is 492 g/mol. The van der Waals surface area contributed by atoms with Crippen LogP contribution in [-0.4, -0.2) is 54.8 Å². The third-order valence-corrected chi connectivity index (χ3v) is 4.62. The molecule has 1 heterocycles. The van der Waals surface area contributed by atoms with Gasteiger partial charge in [-0.15, -0.1) is 24.0 Å². The van der Waals surface area contributed by atoms with Gasteiger partial charge in [0.1, 0.15) is 5.82 Å². The van der Waals surface area contributed by atoms with Gasteiger partial charge in [0, 0.05) is 31.7 Å². The van der Waals surface area contributed by atoms with Crippen LogP contribution in [0.5, 0.6) is 0 Å². The minimum atomic E-state index is -0.229. The molecule has 1 aliphatic heterocycles. The number of benzene rings is 1. The molecule has 0 radical (unpaired) electrons. The van der Waals surface area contributed by atoms with Crippen LogP contribution in [0, 0.1) is 5.82 Å². The first kappa shape index (κ1) is 24.1. The monoisotopic (exact) mass is 492 g/mol. The highest BCUT2D eigenvalue weighted by Crippen LogP contribution is 2.20. The lowest BCUT2D eigenvalue weighted by atomic mass is 10.00. The second-order valence-corrected chi connectivity index (χ2v) is 7.65. The molecule has 0 spiro atoms. The van der Waals surface area contributed by atoms with Crippen LogP contribution in [0.25, 0.3) is 0 Å². The summed E-state index contributed by atoms with van der Waals surface area (Å²) in [6.07, 6.45) is 0.487. The van der Waals surface area contributed by atoms with Crippen molar-refractivity contribution in [2.45, 2.75) is 58.9 Å². The molecule has 0 aromatic heterocycles. The molecule has 7 heteroatoms. The van der Waals surface area contributed by atoms with E-state index in [1.807, 2.05) is 13.0 Å². The summed E-state index contributed by atoms with van der Waals surface area (Å²) in [5.41, 5.74) is 0.832. The lowest BCUT2D eigenvalue weighted by molar-refractivity contribution is -0.0946. The summed E-state index contributed by atoms with van der Waals surface area (Å²) in [5.74, 6) is 0.520. The number of rotatable bonds is 6. The summed E-state index contributed by atoms with van der Waals surface area (Å²) in [5, 5.41) is 6.70. The van der Waals surface area contributed by atoms with Gasteiger partial charge in [-0.2, -0.15) is 0 Å². The Morgan fingerprint density at radius 1 is 1.26 bits per heavy atom. The van der Waals surface area contributed by atoms with Gasteiger partial charge in [-0.3, -0.25) is 4.90 Å². The Hall–Kier alpha value is -0.930. The number of halogens is 2. The van der Waals surface area contributed by atoms with Gasteiger partial charge < -0.3 is 15.4 Å². The van der Waals surface area contributed by atoms with Crippen LogP contribution >= 0.6 is 24.0 Å². The smallest absolute Gasteiger partial charge is 0.191 e. The molecule has 0 aliphatic carbocycles. The van der Waals surface area contributed by atoms with Crippen LogP contribution < -0.4 is 10.6 Å². The first-order chi connectivity index (χ1) is 12.3. The summed E-state index contributed by atoms with van der Waals surface area (Å²) in [4.78, 5) is 7.05. The Morgan fingerprint density at radius 3 is 2.52 bits per heavy atom. The van der Waals surface area contributed by atoms with E-state index in [0.717, 1.165) is 37.7 Å². The molecule has 2 rings (SSSR count). The number of morpholine rings is 1. The van der Waals surface area contributed by atoms with Crippen molar-refractivity contribution in [3.8, 4) is 0 Å². The van der Waals surface area contributed by atoms with Crippen LogP contribution in [0.1, 0.15) is 40.2 Å². The fourth-order valence-electron chi connectivity index (χ4n) is 3.23. The maximum Gasteiger partial charge on any atom is 0.191 e. The van der Waals surface area contributed by atoms with Crippen LogP contribution in [-0.2, 0) is 11.3 Å². The van der Waals surface area contributed by atoms with Gasteiger partial charge in [-0.05, 0) is 52.3 Å². The van der Waals surface area contributed by atoms with E-state index in [4.69, 9.17) is 4.74 Å². The summed E-state index contributed by atoms with van der Waals surface area (Å²) in [7, 11) is 0. The maximum atomic E-state index is 13.3. The zero-order valence-electron chi connectivity index (χ0n) is 17.1. The van der Waals surface area contributed by atoms with E-state index in [2.05, 4.69) is 48.2 Å². The molecule has 0 amide bonds. The van der Waals surface area contributed by atoms with Crippen molar-refractivity contribution < 1.29 is 9.13 Å². The fourth-order valence-corrected chi connectivity index (χ4v) is 3.23. The third kappa shape index (κ3) is 7.91. The number of hydrogen-bond acceptors (Lipinski definition) is 3. The molecule has 0 saturated carbocycles. The van der Waals surface area contributed by atoms with E-state index in [0.29, 0.717) is 6.54 Å². The second-order valence-electron chi connectivity index (χ2n) is 7.65. The number of hydrogen-bond donors (Lipinski definition) is 2. The summed E-state index contributed by atoms with van der Waals surface area (Å²) < 4.78 is 19.2. The molecular weight excluding hydrogens is 458 g/mol. The van der Waals surface area contributed by atoms with Crippen molar-refractivity contribution in [3.63, 3.8) is 0 Å². The van der Waals surface area contributed by atoms with E-state index in [1.54, 1.807) is 6.07 Å². The van der Waals surface area contributed by atoms with Crippen LogP contribution in [0.3, 0.4) is 0 Å². The lowest BCUT2D eigenvalue weighted by Crippen LogP contribution is -2.59. The molecule has 2 atom stereocenters. The molecule has 5 nitrogen and oxygen atoms in total. The van der Waals surface area contributed by atoms with Crippen molar-refractivity contribution in [2.24, 2.45) is 4.99 Å². The molecule has 1 fully saturated rings. The van der Waals surface area contributed by atoms with E-state index in [1.165, 1.54) is 12.1 Å². The average Bonchev–Trinajstić information content (AvgIpc) is 2.56. The molecule has 154 valence electrons. The molecule has 1 aliphatic rings. The molecule has 0 bridgehead atoms. The zero-order chi connectivity index (χ0) is 19.2. The molecule has 2 N–H and O–H groups in total. The largest absolute Gasteiger partial charge is 0.373 e. The molecule has 27 heavy (non-hydrogen) atoms. The highest BCUT2D eigenvalue weighted by atomic mass is 127. The highest BCUT2D eigenvalue weighted by Gasteiger charge is 2.33. The van der Waals surface area contributed by atoms with Crippen LogP contribution in [0.4, 0.5) is 4.39 Å². The number of nitrogens with one attached hydrogen (secondary N) is 2. The van der Waals surface area contributed by atoms with Gasteiger partial charge in [0.05, 0.1) is 18.8 Å². The first-order valence-corrected chi connectivity index (χ1v) is 9.47. The van der Waals surface area contributed by atoms with Crippen molar-refractivity contribution in [1.29, 1.82) is 0 Å². The van der Waals surface area contributed by atoms with Gasteiger partial charge in [0.15, 0.2) is 5.96 Å². The van der Waals surface area contributed by atoms with Crippen molar-refractivity contribution in [2.75, 3.05) is 26.2 Å². The van der Waals surface area contributed by atoms with Crippen molar-refractivity contribution >= 4 is 29.9 Å². The predicted octanol–water partition coefficient (Wildman–Crippen LogP) is 3.39.